The van der Waals surface area contributed by atoms with Crippen LogP contribution in [-0.2, 0) is 0 Å². The predicted octanol–water partition coefficient (Wildman–Crippen LogP) is 2.80. The van der Waals surface area contributed by atoms with Gasteiger partial charge in [-0.05, 0) is 30.5 Å². The molecule has 3 amide bonds. The van der Waals surface area contributed by atoms with E-state index in [2.05, 4.69) is 15.1 Å². The van der Waals surface area contributed by atoms with Crippen molar-refractivity contribution in [2.75, 3.05) is 38.1 Å². The molecular formula is C23H24F3N7O2. The zero-order valence-electron chi connectivity index (χ0n) is 19.1. The molecular weight excluding hydrogens is 463 g/mol. The van der Waals surface area contributed by atoms with E-state index in [0.29, 0.717) is 38.2 Å². The molecule has 1 saturated carbocycles. The second-order valence-corrected chi connectivity index (χ2v) is 8.87. The van der Waals surface area contributed by atoms with Crippen LogP contribution in [0, 0.1) is 17.5 Å². The van der Waals surface area contributed by atoms with Gasteiger partial charge in [0.25, 0.3) is 5.91 Å². The van der Waals surface area contributed by atoms with Crippen molar-refractivity contribution in [1.29, 1.82) is 0 Å². The molecule has 3 heterocycles. The van der Waals surface area contributed by atoms with E-state index >= 15 is 0 Å². The van der Waals surface area contributed by atoms with Crippen LogP contribution in [-0.4, -0.2) is 82.2 Å². The van der Waals surface area contributed by atoms with Crippen LogP contribution in [0.5, 0.6) is 0 Å². The summed E-state index contributed by atoms with van der Waals surface area (Å²) in [6.45, 7) is 1.34. The van der Waals surface area contributed by atoms with Gasteiger partial charge >= 0.3 is 6.03 Å². The van der Waals surface area contributed by atoms with Gasteiger partial charge in [0.1, 0.15) is 11.6 Å². The van der Waals surface area contributed by atoms with E-state index in [1.165, 1.54) is 22.0 Å². The van der Waals surface area contributed by atoms with E-state index in [1.807, 2.05) is 0 Å². The molecule has 1 aromatic carbocycles. The number of hydrazone groups is 1. The summed E-state index contributed by atoms with van der Waals surface area (Å²) in [4.78, 5) is 38.8. The SMILES string of the molecule is CN(C(=O)c1nc(N2CCN(C(=O)N3N=CCC3c3cc(F)cc(F)c3)CC2)ncc1F)C1CC1. The van der Waals surface area contributed by atoms with Crippen LogP contribution in [0.15, 0.2) is 29.5 Å². The largest absolute Gasteiger partial charge is 0.341 e. The van der Waals surface area contributed by atoms with Crippen molar-refractivity contribution < 1.29 is 22.8 Å². The Bertz CT molecular complexity index is 1160. The third kappa shape index (κ3) is 4.64. The standard InChI is InChI=1S/C23H24F3N7O2/c1-30(17-2-3-17)21(34)20-18(26)13-27-22(29-20)31-6-8-32(9-7-31)23(35)33-19(4-5-28-33)14-10-15(24)12-16(25)11-14/h5,10-13,17,19H,2-4,6-9H2,1H3. The summed E-state index contributed by atoms with van der Waals surface area (Å²) in [6.07, 6.45) is 4.69. The normalized spacial score (nSPS) is 19.9. The highest BCUT2D eigenvalue weighted by atomic mass is 19.1. The summed E-state index contributed by atoms with van der Waals surface area (Å²) in [5.74, 6) is -2.46. The maximum atomic E-state index is 14.3. The first-order valence-electron chi connectivity index (χ1n) is 11.4. The molecule has 9 nitrogen and oxygen atoms in total. The smallest absolute Gasteiger partial charge is 0.337 e. The molecule has 2 aromatic rings. The highest BCUT2D eigenvalue weighted by molar-refractivity contribution is 5.93. The number of anilines is 1. The molecule has 0 N–H and O–H groups in total. The number of carbonyl (C=O) groups excluding carboxylic acids is 2. The van der Waals surface area contributed by atoms with Crippen molar-refractivity contribution in [3.05, 3.63) is 53.1 Å². The van der Waals surface area contributed by atoms with Gasteiger partial charge in [0.15, 0.2) is 11.5 Å². The molecule has 184 valence electrons. The number of urea groups is 1. The minimum absolute atomic E-state index is 0.121. The lowest BCUT2D eigenvalue weighted by Gasteiger charge is -2.37. The molecule has 0 spiro atoms. The van der Waals surface area contributed by atoms with Crippen LogP contribution in [0.3, 0.4) is 0 Å². The lowest BCUT2D eigenvalue weighted by atomic mass is 10.0. The van der Waals surface area contributed by atoms with Gasteiger partial charge in [-0.3, -0.25) is 4.79 Å². The molecule has 35 heavy (non-hydrogen) atoms. The Balaban J connectivity index is 1.25. The Hall–Kier alpha value is -3.70. The summed E-state index contributed by atoms with van der Waals surface area (Å²) in [5, 5.41) is 5.37. The third-order valence-corrected chi connectivity index (χ3v) is 6.48. The number of benzene rings is 1. The molecule has 1 unspecified atom stereocenters. The van der Waals surface area contributed by atoms with Crippen LogP contribution in [0.1, 0.15) is 41.4 Å². The van der Waals surface area contributed by atoms with E-state index < -0.39 is 29.4 Å². The second kappa shape index (κ2) is 9.16. The lowest BCUT2D eigenvalue weighted by molar-refractivity contribution is 0.0774. The number of halogens is 3. The highest BCUT2D eigenvalue weighted by Crippen LogP contribution is 2.31. The van der Waals surface area contributed by atoms with Crippen molar-refractivity contribution in [3.63, 3.8) is 0 Å². The fraction of sp³-hybridized carbons (Fsp3) is 0.435. The van der Waals surface area contributed by atoms with E-state index in [4.69, 9.17) is 0 Å². The van der Waals surface area contributed by atoms with Crippen LogP contribution in [0.25, 0.3) is 0 Å². The first-order chi connectivity index (χ1) is 16.8. The molecule has 0 bridgehead atoms. The third-order valence-electron chi connectivity index (χ3n) is 6.48. The van der Waals surface area contributed by atoms with Gasteiger partial charge in [0.2, 0.25) is 5.95 Å². The van der Waals surface area contributed by atoms with Crippen molar-refractivity contribution >= 4 is 24.1 Å². The highest BCUT2D eigenvalue weighted by Gasteiger charge is 2.35. The number of piperazine rings is 1. The summed E-state index contributed by atoms with van der Waals surface area (Å²) in [7, 11) is 1.64. The fourth-order valence-corrected chi connectivity index (χ4v) is 4.34. The molecule has 3 aliphatic rings. The minimum Gasteiger partial charge on any atom is -0.337 e. The molecule has 12 heteroatoms. The van der Waals surface area contributed by atoms with E-state index in [1.54, 1.807) is 23.1 Å². The Morgan fingerprint density at radius 1 is 1.03 bits per heavy atom. The quantitative estimate of drug-likeness (QED) is 0.662. The van der Waals surface area contributed by atoms with Gasteiger partial charge in [0, 0.05) is 58.0 Å². The van der Waals surface area contributed by atoms with Crippen LogP contribution in [0.2, 0.25) is 0 Å². The van der Waals surface area contributed by atoms with E-state index in [0.717, 1.165) is 25.1 Å². The number of hydrogen-bond acceptors (Lipinski definition) is 6. The number of nitrogens with zero attached hydrogens (tertiary/aromatic N) is 7. The molecule has 0 radical (unpaired) electrons. The number of rotatable bonds is 4. The molecule has 1 aromatic heterocycles. The Morgan fingerprint density at radius 3 is 2.37 bits per heavy atom. The fourth-order valence-electron chi connectivity index (χ4n) is 4.34. The van der Waals surface area contributed by atoms with Gasteiger partial charge in [-0.1, -0.05) is 0 Å². The molecule has 2 fully saturated rings. The average Bonchev–Trinajstić information content (AvgIpc) is 3.58. The van der Waals surface area contributed by atoms with Crippen LogP contribution < -0.4 is 4.90 Å². The first-order valence-corrected chi connectivity index (χ1v) is 11.4. The Labute approximate surface area is 199 Å². The number of aromatic nitrogens is 2. The maximum Gasteiger partial charge on any atom is 0.341 e. The van der Waals surface area contributed by atoms with Gasteiger partial charge in [0.05, 0.1) is 12.2 Å². The van der Waals surface area contributed by atoms with Crippen LogP contribution in [0.4, 0.5) is 23.9 Å². The molecule has 2 aliphatic heterocycles. The maximum absolute atomic E-state index is 14.3. The Kier molecular flexibility index (Phi) is 6.03. The minimum atomic E-state index is -0.771. The van der Waals surface area contributed by atoms with Crippen molar-refractivity contribution in [2.24, 2.45) is 5.10 Å². The van der Waals surface area contributed by atoms with Crippen LogP contribution >= 0.6 is 0 Å². The summed E-state index contributed by atoms with van der Waals surface area (Å²) >= 11 is 0. The summed E-state index contributed by atoms with van der Waals surface area (Å²) in [6, 6.07) is 2.33. The van der Waals surface area contributed by atoms with Crippen molar-refractivity contribution in [2.45, 2.75) is 31.3 Å². The monoisotopic (exact) mass is 487 g/mol. The second-order valence-electron chi connectivity index (χ2n) is 8.87. The summed E-state index contributed by atoms with van der Waals surface area (Å²) in [5.41, 5.74) is 0.0690. The van der Waals surface area contributed by atoms with Crippen molar-refractivity contribution in [3.8, 4) is 0 Å². The number of carbonyl (C=O) groups is 2. The molecule has 5 rings (SSSR count). The van der Waals surface area contributed by atoms with Gasteiger partial charge in [-0.15, -0.1) is 0 Å². The van der Waals surface area contributed by atoms with Gasteiger partial charge in [-0.2, -0.15) is 5.10 Å². The van der Waals surface area contributed by atoms with E-state index in [-0.39, 0.29) is 23.7 Å². The number of amides is 3. The predicted molar refractivity (Wildman–Crippen MR) is 120 cm³/mol. The zero-order valence-corrected chi connectivity index (χ0v) is 19.1. The van der Waals surface area contributed by atoms with Crippen molar-refractivity contribution in [1.82, 2.24) is 24.8 Å². The van der Waals surface area contributed by atoms with Gasteiger partial charge < -0.3 is 14.7 Å². The molecule has 1 atom stereocenters. The van der Waals surface area contributed by atoms with Gasteiger partial charge in [-0.25, -0.2) is 32.9 Å². The summed E-state index contributed by atoms with van der Waals surface area (Å²) < 4.78 is 41.7. The first kappa shape index (κ1) is 23.1. The number of hydrogen-bond donors (Lipinski definition) is 0. The lowest BCUT2D eigenvalue weighted by Crippen LogP contribution is -2.52. The average molecular weight is 487 g/mol. The Morgan fingerprint density at radius 2 is 1.71 bits per heavy atom. The molecule has 1 aliphatic carbocycles. The topological polar surface area (TPSA) is 85.2 Å². The van der Waals surface area contributed by atoms with E-state index in [9.17, 15) is 22.8 Å². The molecule has 1 saturated heterocycles. The zero-order chi connectivity index (χ0) is 24.7.